The van der Waals surface area contributed by atoms with E-state index < -0.39 is 27.6 Å². The Balaban J connectivity index is 0.00000576. The number of nitrogens with zero attached hydrogens (tertiary/aromatic N) is 2. The van der Waals surface area contributed by atoms with E-state index in [9.17, 15) is 22.4 Å². The van der Waals surface area contributed by atoms with Gasteiger partial charge in [-0.2, -0.15) is 0 Å². The van der Waals surface area contributed by atoms with Crippen molar-refractivity contribution in [3.8, 4) is 11.6 Å². The summed E-state index contributed by atoms with van der Waals surface area (Å²) in [6, 6.07) is 8.70. The first kappa shape index (κ1) is 37.0. The molecule has 0 radical (unpaired) electrons. The number of halogens is 3. The van der Waals surface area contributed by atoms with Crippen molar-refractivity contribution in [1.29, 1.82) is 0 Å². The number of benzene rings is 2. The van der Waals surface area contributed by atoms with Crippen molar-refractivity contribution in [3.63, 3.8) is 0 Å². The highest BCUT2D eigenvalue weighted by atomic mass is 35.5. The summed E-state index contributed by atoms with van der Waals surface area (Å²) in [5.41, 5.74) is 7.40. The lowest BCUT2D eigenvalue weighted by Crippen LogP contribution is -2.50. The van der Waals surface area contributed by atoms with E-state index in [1.54, 1.807) is 18.3 Å². The van der Waals surface area contributed by atoms with Gasteiger partial charge in [0.05, 0.1) is 21.2 Å². The molecular weight excluding hydrogens is 656 g/mol. The van der Waals surface area contributed by atoms with Crippen LogP contribution in [0.2, 0.25) is 5.02 Å². The second-order valence-corrected chi connectivity index (χ2v) is 14.0. The highest BCUT2D eigenvalue weighted by Crippen LogP contribution is 2.31. The number of unbranched alkanes of at least 4 members (excludes halogenated alkanes) is 1. The molecule has 2 atom stereocenters. The lowest BCUT2D eigenvalue weighted by atomic mass is 9.93. The summed E-state index contributed by atoms with van der Waals surface area (Å²) >= 11 is 6.08. The van der Waals surface area contributed by atoms with E-state index in [-0.39, 0.29) is 45.7 Å². The van der Waals surface area contributed by atoms with Gasteiger partial charge in [0.1, 0.15) is 11.6 Å². The van der Waals surface area contributed by atoms with Gasteiger partial charge in [-0.3, -0.25) is 9.69 Å². The minimum Gasteiger partial charge on any atom is -0.438 e. The van der Waals surface area contributed by atoms with Gasteiger partial charge in [0, 0.05) is 43.7 Å². The van der Waals surface area contributed by atoms with Gasteiger partial charge in [0.25, 0.3) is 5.91 Å². The normalized spacial score (nSPS) is 16.7. The number of likely N-dealkylation sites (tertiary alicyclic amines) is 1. The number of nitrogens with one attached hydrogen (secondary N) is 2. The maximum absolute atomic E-state index is 14.0. The Labute approximate surface area is 280 Å². The van der Waals surface area contributed by atoms with Gasteiger partial charge in [0.15, 0.2) is 9.84 Å². The molecule has 2 unspecified atom stereocenters. The van der Waals surface area contributed by atoms with E-state index >= 15 is 0 Å². The molecule has 1 saturated heterocycles. The third-order valence-corrected chi connectivity index (χ3v) is 9.29. The highest BCUT2D eigenvalue weighted by molar-refractivity contribution is 7.90. The number of carbonyl (C=O) groups is 2. The average Bonchev–Trinajstić information content (AvgIpc) is 2.96. The summed E-state index contributed by atoms with van der Waals surface area (Å²) in [5, 5.41) is 5.56. The Bertz CT molecular complexity index is 1650. The molecule has 1 aromatic heterocycles. The number of sulfone groups is 1. The summed E-state index contributed by atoms with van der Waals surface area (Å²) < 4.78 is 43.9. The number of aryl methyl sites for hydroxylation is 2. The molecule has 1 fully saturated rings. The molecule has 4 rings (SSSR count). The fraction of sp³-hybridized carbons (Fsp3) is 0.406. The van der Waals surface area contributed by atoms with Crippen LogP contribution in [0.5, 0.6) is 11.6 Å². The van der Waals surface area contributed by atoms with Gasteiger partial charge in [-0.1, -0.05) is 37.4 Å². The predicted molar refractivity (Wildman–Crippen MR) is 179 cm³/mol. The van der Waals surface area contributed by atoms with Crippen LogP contribution in [0.3, 0.4) is 0 Å². The van der Waals surface area contributed by atoms with Crippen molar-refractivity contribution in [3.05, 3.63) is 75.7 Å². The summed E-state index contributed by atoms with van der Waals surface area (Å²) in [7, 11) is -3.33. The van der Waals surface area contributed by atoms with Crippen LogP contribution in [0.1, 0.15) is 66.1 Å². The first-order valence-corrected chi connectivity index (χ1v) is 17.1. The monoisotopic (exact) mass is 695 g/mol. The molecule has 2 aromatic carbocycles. The SMILES string of the molecule is CCCCC1CC(NC(=O)Nc2cc(C(N)=O)c(F)cc2Cl)CCN1Cc1ccc(Oc2c(C)cc(S(C)(=O)=O)cc2C)nc1.Cl. The smallest absolute Gasteiger partial charge is 0.319 e. The number of rotatable bonds is 11. The van der Waals surface area contributed by atoms with Crippen molar-refractivity contribution < 1.29 is 27.1 Å². The third-order valence-electron chi connectivity index (χ3n) is 7.89. The maximum Gasteiger partial charge on any atom is 0.319 e. The zero-order valence-electron chi connectivity index (χ0n) is 26.2. The Morgan fingerprint density at radius 2 is 1.87 bits per heavy atom. The molecule has 4 N–H and O–H groups in total. The quantitative estimate of drug-likeness (QED) is 0.206. The lowest BCUT2D eigenvalue weighted by molar-refractivity contribution is 0.0996. The van der Waals surface area contributed by atoms with Crippen LogP contribution in [0.15, 0.2) is 47.5 Å². The molecule has 3 aromatic rings. The van der Waals surface area contributed by atoms with Crippen molar-refractivity contribution in [2.75, 3.05) is 18.1 Å². The van der Waals surface area contributed by atoms with Gasteiger partial charge < -0.3 is 21.1 Å². The molecule has 250 valence electrons. The maximum atomic E-state index is 14.0. The number of hydrogen-bond donors (Lipinski definition) is 3. The number of nitrogens with two attached hydrogens (primary N) is 1. The topological polar surface area (TPSA) is 144 Å². The molecule has 10 nitrogen and oxygen atoms in total. The summed E-state index contributed by atoms with van der Waals surface area (Å²) in [6.07, 6.45) is 7.49. The highest BCUT2D eigenvalue weighted by Gasteiger charge is 2.29. The number of piperidine rings is 1. The van der Waals surface area contributed by atoms with E-state index in [0.29, 0.717) is 29.3 Å². The van der Waals surface area contributed by atoms with Crippen molar-refractivity contribution in [1.82, 2.24) is 15.2 Å². The molecule has 1 aliphatic heterocycles. The number of amides is 3. The van der Waals surface area contributed by atoms with Gasteiger partial charge >= 0.3 is 6.03 Å². The van der Waals surface area contributed by atoms with Crippen LogP contribution in [0, 0.1) is 19.7 Å². The van der Waals surface area contributed by atoms with Crippen molar-refractivity contribution in [2.24, 2.45) is 5.73 Å². The fourth-order valence-corrected chi connectivity index (χ4v) is 6.53. The second-order valence-electron chi connectivity index (χ2n) is 11.5. The fourth-order valence-electron chi connectivity index (χ4n) is 5.55. The number of anilines is 1. The first-order valence-electron chi connectivity index (χ1n) is 14.8. The number of primary amides is 1. The van der Waals surface area contributed by atoms with Crippen LogP contribution in [-0.2, 0) is 16.4 Å². The second kappa shape index (κ2) is 15.9. The first-order chi connectivity index (χ1) is 21.2. The Morgan fingerprint density at radius 3 is 2.46 bits per heavy atom. The molecule has 3 amide bonds. The number of hydrogen-bond acceptors (Lipinski definition) is 7. The lowest BCUT2D eigenvalue weighted by Gasteiger charge is -2.40. The predicted octanol–water partition coefficient (Wildman–Crippen LogP) is 6.55. The van der Waals surface area contributed by atoms with E-state index in [1.165, 1.54) is 6.26 Å². The van der Waals surface area contributed by atoms with Crippen LogP contribution in [0.25, 0.3) is 0 Å². The number of ether oxygens (including phenoxy) is 1. The Kier molecular flexibility index (Phi) is 12.8. The minimum absolute atomic E-state index is 0. The summed E-state index contributed by atoms with van der Waals surface area (Å²) in [6.45, 7) is 7.20. The van der Waals surface area contributed by atoms with Gasteiger partial charge in [0.2, 0.25) is 5.88 Å². The molecule has 14 heteroatoms. The zero-order valence-corrected chi connectivity index (χ0v) is 28.6. The summed E-state index contributed by atoms with van der Waals surface area (Å²) in [5.74, 6) is -0.815. The number of urea groups is 1. The van der Waals surface area contributed by atoms with Gasteiger partial charge in [-0.05, 0) is 74.1 Å². The average molecular weight is 697 g/mol. The van der Waals surface area contributed by atoms with Gasteiger partial charge in [-0.15, -0.1) is 12.4 Å². The van der Waals surface area contributed by atoms with E-state index in [0.717, 1.165) is 56.3 Å². The minimum atomic E-state index is -3.33. The number of carbonyl (C=O) groups excluding carboxylic acids is 2. The Hall–Kier alpha value is -3.45. The molecule has 46 heavy (non-hydrogen) atoms. The number of aromatic nitrogens is 1. The van der Waals surface area contributed by atoms with Crippen LogP contribution >= 0.6 is 24.0 Å². The van der Waals surface area contributed by atoms with Gasteiger partial charge in [-0.25, -0.2) is 22.6 Å². The Morgan fingerprint density at radius 1 is 1.17 bits per heavy atom. The van der Waals surface area contributed by atoms with E-state index in [4.69, 9.17) is 22.1 Å². The molecule has 2 heterocycles. The van der Waals surface area contributed by atoms with Crippen LogP contribution < -0.4 is 21.1 Å². The molecule has 0 aliphatic carbocycles. The zero-order chi connectivity index (χ0) is 32.9. The molecule has 1 aliphatic rings. The van der Waals surface area contributed by atoms with Crippen LogP contribution in [-0.4, -0.2) is 55.1 Å². The van der Waals surface area contributed by atoms with E-state index in [2.05, 4.69) is 27.4 Å². The van der Waals surface area contributed by atoms with Crippen LogP contribution in [0.4, 0.5) is 14.9 Å². The van der Waals surface area contributed by atoms with Crippen molar-refractivity contribution in [2.45, 2.75) is 76.4 Å². The van der Waals surface area contributed by atoms with Crippen molar-refractivity contribution >= 4 is 51.5 Å². The molecule has 0 spiro atoms. The third kappa shape index (κ3) is 9.54. The molecule has 0 saturated carbocycles. The largest absolute Gasteiger partial charge is 0.438 e. The molecule has 0 bridgehead atoms. The summed E-state index contributed by atoms with van der Waals surface area (Å²) in [4.78, 5) is 31.5. The molecular formula is C32H40Cl2FN5O5S. The standard InChI is InChI=1S/C32H39ClFN5O5S.ClH/c1-5-6-7-23-14-22(37-32(41)38-28-15-25(31(35)40)27(34)16-26(28)33)10-11-39(23)18-21-8-9-29(36-17-21)44-30-19(2)12-24(13-20(30)3)45(4,42)43;/h8-9,12-13,15-17,22-23H,5-7,10-11,14,18H2,1-4H3,(H2,35,40)(H2,37,38,41);1H. The number of pyridine rings is 1. The van der Waals surface area contributed by atoms with E-state index in [1.807, 2.05) is 26.0 Å².